The molecule has 2 heterocycles. The maximum absolute atomic E-state index is 3.64. The number of aryl methyl sites for hydroxylation is 1. The lowest BCUT2D eigenvalue weighted by Crippen LogP contribution is -2.39. The predicted octanol–water partition coefficient (Wildman–Crippen LogP) is 3.15. The fourth-order valence-corrected chi connectivity index (χ4v) is 3.41. The zero-order valence-electron chi connectivity index (χ0n) is 8.89. The standard InChI is InChI=1S/C12H15BrN2/c1-8-5-10(13)12-11(6-8)15-4-2-3-9(15)7-14-12/h5-6,9,14H,2-4,7H2,1H3. The van der Waals surface area contributed by atoms with Crippen LogP contribution in [0.15, 0.2) is 16.6 Å². The molecule has 1 aromatic rings. The number of rotatable bonds is 0. The van der Waals surface area contributed by atoms with Gasteiger partial charge in [0.1, 0.15) is 0 Å². The average molecular weight is 267 g/mol. The summed E-state index contributed by atoms with van der Waals surface area (Å²) in [4.78, 5) is 2.56. The van der Waals surface area contributed by atoms with E-state index < -0.39 is 0 Å². The van der Waals surface area contributed by atoms with Crippen LogP contribution in [0.3, 0.4) is 0 Å². The van der Waals surface area contributed by atoms with Crippen LogP contribution in [-0.2, 0) is 0 Å². The minimum Gasteiger partial charge on any atom is -0.380 e. The van der Waals surface area contributed by atoms with E-state index in [0.29, 0.717) is 6.04 Å². The lowest BCUT2D eigenvalue weighted by atomic mass is 10.1. The Bertz CT molecular complexity index is 403. The Kier molecular flexibility index (Phi) is 2.16. The maximum atomic E-state index is 3.64. The van der Waals surface area contributed by atoms with Crippen LogP contribution in [0, 0.1) is 6.92 Å². The van der Waals surface area contributed by atoms with E-state index in [1.54, 1.807) is 0 Å². The first-order chi connectivity index (χ1) is 7.25. The van der Waals surface area contributed by atoms with E-state index in [4.69, 9.17) is 0 Å². The summed E-state index contributed by atoms with van der Waals surface area (Å²) in [6.07, 6.45) is 2.66. The molecule has 15 heavy (non-hydrogen) atoms. The molecular weight excluding hydrogens is 252 g/mol. The van der Waals surface area contributed by atoms with Gasteiger partial charge < -0.3 is 10.2 Å². The summed E-state index contributed by atoms with van der Waals surface area (Å²) in [7, 11) is 0. The highest BCUT2D eigenvalue weighted by atomic mass is 79.9. The van der Waals surface area contributed by atoms with Crippen LogP contribution in [0.2, 0.25) is 0 Å². The van der Waals surface area contributed by atoms with Crippen molar-refractivity contribution in [2.24, 2.45) is 0 Å². The van der Waals surface area contributed by atoms with E-state index in [9.17, 15) is 0 Å². The van der Waals surface area contributed by atoms with Gasteiger partial charge in [-0.25, -0.2) is 0 Å². The van der Waals surface area contributed by atoms with Gasteiger partial charge in [-0.15, -0.1) is 0 Å². The van der Waals surface area contributed by atoms with Crippen molar-refractivity contribution in [2.45, 2.75) is 25.8 Å². The predicted molar refractivity (Wildman–Crippen MR) is 67.7 cm³/mol. The largest absolute Gasteiger partial charge is 0.380 e. The molecule has 1 aromatic carbocycles. The van der Waals surface area contributed by atoms with Crippen molar-refractivity contribution >= 4 is 27.3 Å². The van der Waals surface area contributed by atoms with Crippen LogP contribution in [0.4, 0.5) is 11.4 Å². The molecule has 0 aromatic heterocycles. The average Bonchev–Trinajstić information content (AvgIpc) is 2.65. The minimum atomic E-state index is 0.714. The number of nitrogens with one attached hydrogen (secondary N) is 1. The molecule has 0 saturated carbocycles. The van der Waals surface area contributed by atoms with E-state index in [2.05, 4.69) is 45.2 Å². The third-order valence-electron chi connectivity index (χ3n) is 3.41. The number of hydrogen-bond donors (Lipinski definition) is 1. The van der Waals surface area contributed by atoms with Crippen LogP contribution in [0.5, 0.6) is 0 Å². The van der Waals surface area contributed by atoms with Crippen molar-refractivity contribution in [3.05, 3.63) is 22.2 Å². The lowest BCUT2D eigenvalue weighted by Gasteiger charge is -2.35. The van der Waals surface area contributed by atoms with E-state index in [1.807, 2.05) is 0 Å². The zero-order valence-corrected chi connectivity index (χ0v) is 10.5. The number of halogens is 1. The Morgan fingerprint density at radius 1 is 1.47 bits per heavy atom. The number of anilines is 2. The molecule has 2 nitrogen and oxygen atoms in total. The van der Waals surface area contributed by atoms with Gasteiger partial charge in [0.05, 0.1) is 11.4 Å². The van der Waals surface area contributed by atoms with Gasteiger partial charge in [0, 0.05) is 23.6 Å². The van der Waals surface area contributed by atoms with Crippen molar-refractivity contribution in [3.63, 3.8) is 0 Å². The van der Waals surface area contributed by atoms with Crippen LogP contribution in [-0.4, -0.2) is 19.1 Å². The van der Waals surface area contributed by atoms with Crippen molar-refractivity contribution in [3.8, 4) is 0 Å². The molecule has 0 aliphatic carbocycles. The van der Waals surface area contributed by atoms with E-state index >= 15 is 0 Å². The lowest BCUT2D eigenvalue weighted by molar-refractivity contribution is 0.682. The van der Waals surface area contributed by atoms with Gasteiger partial charge in [0.25, 0.3) is 0 Å². The molecule has 2 aliphatic rings. The third-order valence-corrected chi connectivity index (χ3v) is 4.04. The monoisotopic (exact) mass is 266 g/mol. The second-order valence-electron chi connectivity index (χ2n) is 4.51. The molecule has 3 heteroatoms. The van der Waals surface area contributed by atoms with Crippen molar-refractivity contribution in [1.29, 1.82) is 0 Å². The molecule has 1 unspecified atom stereocenters. The topological polar surface area (TPSA) is 15.3 Å². The second kappa shape index (κ2) is 3.41. The number of benzene rings is 1. The first kappa shape index (κ1) is 9.52. The summed E-state index contributed by atoms with van der Waals surface area (Å²) >= 11 is 3.64. The Morgan fingerprint density at radius 3 is 3.20 bits per heavy atom. The number of nitrogens with zero attached hydrogens (tertiary/aromatic N) is 1. The van der Waals surface area contributed by atoms with Gasteiger partial charge in [-0.3, -0.25) is 0 Å². The highest BCUT2D eigenvalue weighted by Crippen LogP contribution is 2.41. The van der Waals surface area contributed by atoms with E-state index in [0.717, 1.165) is 6.54 Å². The van der Waals surface area contributed by atoms with Gasteiger partial charge in [-0.2, -0.15) is 0 Å². The Hall–Kier alpha value is -0.700. The second-order valence-corrected chi connectivity index (χ2v) is 5.37. The quantitative estimate of drug-likeness (QED) is 0.776. The van der Waals surface area contributed by atoms with E-state index in [-0.39, 0.29) is 0 Å². The van der Waals surface area contributed by atoms with Gasteiger partial charge in [0.2, 0.25) is 0 Å². The molecule has 3 rings (SSSR count). The van der Waals surface area contributed by atoms with Crippen LogP contribution in [0.25, 0.3) is 0 Å². The van der Waals surface area contributed by atoms with Gasteiger partial charge in [0.15, 0.2) is 0 Å². The Labute approximate surface area is 98.8 Å². The Morgan fingerprint density at radius 2 is 2.33 bits per heavy atom. The third kappa shape index (κ3) is 1.44. The fraction of sp³-hybridized carbons (Fsp3) is 0.500. The summed E-state index contributed by atoms with van der Waals surface area (Å²) in [5.74, 6) is 0. The van der Waals surface area contributed by atoms with E-state index in [1.165, 1.54) is 40.8 Å². The molecular formula is C12H15BrN2. The van der Waals surface area contributed by atoms with Crippen molar-refractivity contribution in [1.82, 2.24) is 0 Å². The SMILES string of the molecule is Cc1cc(Br)c2c(c1)N1CCCC1CN2. The fourth-order valence-electron chi connectivity index (χ4n) is 2.71. The molecule has 0 amide bonds. The van der Waals surface area contributed by atoms with Crippen LogP contribution >= 0.6 is 15.9 Å². The molecule has 0 radical (unpaired) electrons. The molecule has 80 valence electrons. The highest BCUT2D eigenvalue weighted by molar-refractivity contribution is 9.10. The van der Waals surface area contributed by atoms with Crippen molar-refractivity contribution in [2.75, 3.05) is 23.3 Å². The highest BCUT2D eigenvalue weighted by Gasteiger charge is 2.30. The number of hydrogen-bond acceptors (Lipinski definition) is 2. The molecule has 2 aliphatic heterocycles. The Balaban J connectivity index is 2.12. The normalized spacial score (nSPS) is 23.3. The smallest absolute Gasteiger partial charge is 0.0723 e. The molecule has 1 saturated heterocycles. The van der Waals surface area contributed by atoms with Crippen LogP contribution in [0.1, 0.15) is 18.4 Å². The van der Waals surface area contributed by atoms with Gasteiger partial charge >= 0.3 is 0 Å². The minimum absolute atomic E-state index is 0.714. The molecule has 0 spiro atoms. The van der Waals surface area contributed by atoms with Crippen LogP contribution < -0.4 is 10.2 Å². The molecule has 1 N–H and O–H groups in total. The zero-order chi connectivity index (χ0) is 10.4. The summed E-state index contributed by atoms with van der Waals surface area (Å²) < 4.78 is 1.20. The summed E-state index contributed by atoms with van der Waals surface area (Å²) in [5, 5.41) is 3.54. The molecule has 1 atom stereocenters. The maximum Gasteiger partial charge on any atom is 0.0723 e. The molecule has 0 bridgehead atoms. The molecule has 1 fully saturated rings. The van der Waals surface area contributed by atoms with Crippen molar-refractivity contribution < 1.29 is 0 Å². The first-order valence-corrected chi connectivity index (χ1v) is 6.35. The summed E-state index contributed by atoms with van der Waals surface area (Å²) in [6.45, 7) is 4.47. The van der Waals surface area contributed by atoms with Gasteiger partial charge in [-0.05, 0) is 53.4 Å². The number of fused-ring (bicyclic) bond motifs is 3. The summed E-state index contributed by atoms with van der Waals surface area (Å²) in [6, 6.07) is 5.19. The summed E-state index contributed by atoms with van der Waals surface area (Å²) in [5.41, 5.74) is 3.99. The van der Waals surface area contributed by atoms with Gasteiger partial charge in [-0.1, -0.05) is 0 Å². The first-order valence-electron chi connectivity index (χ1n) is 5.56.